The predicted molar refractivity (Wildman–Crippen MR) is 251 cm³/mol. The van der Waals surface area contributed by atoms with Crippen LogP contribution in [0.15, 0.2) is 22.2 Å². The molecule has 9 unspecified atom stereocenters. The Labute approximate surface area is 414 Å². The van der Waals surface area contributed by atoms with Gasteiger partial charge in [0, 0.05) is 11.8 Å². The molecule has 39 heteroatoms. The molecule has 0 radical (unpaired) electrons. The van der Waals surface area contributed by atoms with Crippen LogP contribution < -0.4 is 32.0 Å². The monoisotopic (exact) mass is 1140 g/mol. The summed E-state index contributed by atoms with van der Waals surface area (Å²) < 4.78 is 108. The third-order valence-electron chi connectivity index (χ3n) is 11.1. The normalized spacial score (nSPS) is 24.0. The van der Waals surface area contributed by atoms with Gasteiger partial charge in [0.05, 0.1) is 25.9 Å². The first-order valence-electron chi connectivity index (χ1n) is 21.3. The van der Waals surface area contributed by atoms with E-state index in [1.165, 1.54) is 10.9 Å². The first kappa shape index (κ1) is 59.5. The highest BCUT2D eigenvalue weighted by atomic mass is 32.2. The summed E-state index contributed by atoms with van der Waals surface area (Å²) in [5.74, 6) is -2.15. The van der Waals surface area contributed by atoms with Crippen molar-refractivity contribution in [2.24, 2.45) is 22.1 Å². The number of aliphatic hydroxyl groups excluding tert-OH is 2. The van der Waals surface area contributed by atoms with E-state index in [1.54, 1.807) is 27.7 Å². The molecule has 13 N–H and O–H groups in total. The highest BCUT2D eigenvalue weighted by molar-refractivity contribution is 7.84. The third kappa shape index (κ3) is 15.0. The number of rotatable bonds is 18. The number of anilines is 2. The molecule has 4 aromatic heterocycles. The number of aromatic nitrogens is 8. The van der Waals surface area contributed by atoms with E-state index in [4.69, 9.17) is 42.3 Å². The van der Waals surface area contributed by atoms with Gasteiger partial charge in [-0.2, -0.15) is 31.1 Å². The number of H-pyrrole nitrogens is 2. The number of imidazole rings is 2. The standard InChI is InChI=1S/C20H34N6O8SSi.C14H22N6O14P2S/c1-10(2)16(28)24-19-23-15-12(17(29)25-19)22-9-26(15)18-14(33-35(21,30)31)13(11(8-27)32-18)34-36(6,7)20(3,4)5;1-5(2)11(22)18-14-17-10-7(12(23)19-14)16-4-20(10)13-9(33-37(15,29)30)8(21)6(32-13)3-31-36(27,28)34-35(24,25)26/h9-11,13-14,18,27H,8H2,1-7H3,(H2,21,30,31)(H2,23,24,25,28,29);4-6,8-9,13,21H,3H2,1-2H3,(H,27,28)(H2,15,29,30)(H2,24,25,26)(H2,17,18,19,22,23). The maximum atomic E-state index is 12.6. The summed E-state index contributed by atoms with van der Waals surface area (Å²) in [4.78, 5) is 97.0. The maximum absolute atomic E-state index is 12.6. The first-order chi connectivity index (χ1) is 33.3. The maximum Gasteiger partial charge on any atom is 0.481 e. The van der Waals surface area contributed by atoms with E-state index < -0.39 is 130 Å². The van der Waals surface area contributed by atoms with Gasteiger partial charge in [0.15, 0.2) is 55.3 Å². The van der Waals surface area contributed by atoms with Crippen molar-refractivity contribution in [2.45, 2.75) is 116 Å². The zero-order chi connectivity index (χ0) is 55.1. The highest BCUT2D eigenvalue weighted by Gasteiger charge is 2.53. The molecule has 2 saturated heterocycles. The molecule has 6 heterocycles. The van der Waals surface area contributed by atoms with Crippen molar-refractivity contribution in [3.05, 3.63) is 33.4 Å². The Morgan fingerprint density at radius 2 is 1.23 bits per heavy atom. The molecule has 2 aliphatic heterocycles. The van der Waals surface area contributed by atoms with Gasteiger partial charge < -0.3 is 38.8 Å². The van der Waals surface area contributed by atoms with Crippen LogP contribution in [0.2, 0.25) is 18.1 Å². The topological polar surface area (TPSA) is 506 Å². The summed E-state index contributed by atoms with van der Waals surface area (Å²) in [7, 11) is -22.6. The average molecular weight is 1140 g/mol. The number of ether oxygens (including phenoxy) is 2. The van der Waals surface area contributed by atoms with Crippen LogP contribution in [-0.2, 0) is 70.4 Å². The van der Waals surface area contributed by atoms with Gasteiger partial charge in [-0.25, -0.2) is 37.7 Å². The summed E-state index contributed by atoms with van der Waals surface area (Å²) in [5, 5.41) is 35.4. The van der Waals surface area contributed by atoms with Crippen LogP contribution in [0.1, 0.15) is 60.9 Å². The lowest BCUT2D eigenvalue weighted by Crippen LogP contribution is -2.50. The Morgan fingerprint density at radius 1 is 0.808 bits per heavy atom. The molecule has 0 spiro atoms. The fourth-order valence-electron chi connectivity index (χ4n) is 6.52. The molecule has 6 rings (SSSR count). The van der Waals surface area contributed by atoms with Crippen LogP contribution in [-0.4, -0.2) is 151 Å². The lowest BCUT2D eigenvalue weighted by molar-refractivity contribution is -0.119. The number of phosphoric ester groups is 1. The van der Waals surface area contributed by atoms with Crippen LogP contribution in [0.4, 0.5) is 11.9 Å². The molecular weight excluding hydrogens is 1080 g/mol. The molecule has 0 saturated carbocycles. The molecule has 410 valence electrons. The predicted octanol–water partition coefficient (Wildman–Crippen LogP) is -1.63. The molecule has 0 aromatic carbocycles. The number of aliphatic hydroxyl groups is 2. The highest BCUT2D eigenvalue weighted by Crippen LogP contribution is 2.58. The van der Waals surface area contributed by atoms with Gasteiger partial charge >= 0.3 is 36.3 Å². The summed E-state index contributed by atoms with van der Waals surface area (Å²) >= 11 is 0. The minimum absolute atomic E-state index is 0.00417. The zero-order valence-corrected chi connectivity index (χ0v) is 44.5. The van der Waals surface area contributed by atoms with Gasteiger partial charge in [-0.15, -0.1) is 0 Å². The molecule has 4 aromatic rings. The Bertz CT molecular complexity index is 3140. The summed E-state index contributed by atoms with van der Waals surface area (Å²) in [6, 6.07) is 0. The lowest BCUT2D eigenvalue weighted by atomic mass is 10.1. The zero-order valence-electron chi connectivity index (χ0n) is 40.1. The average Bonchev–Trinajstić information content (AvgIpc) is 3.99. The molecule has 73 heavy (non-hydrogen) atoms. The molecule has 2 aliphatic rings. The molecule has 2 amide bonds. The van der Waals surface area contributed by atoms with Crippen molar-refractivity contribution >= 4 is 90.6 Å². The molecule has 9 atom stereocenters. The number of hydrogen-bond donors (Lipinski definition) is 11. The van der Waals surface area contributed by atoms with Gasteiger partial charge in [-0.05, 0) is 18.1 Å². The fourth-order valence-corrected chi connectivity index (χ4v) is 10.5. The van der Waals surface area contributed by atoms with Crippen LogP contribution in [0.5, 0.6) is 0 Å². The van der Waals surface area contributed by atoms with Crippen molar-refractivity contribution in [1.29, 1.82) is 0 Å². The smallest absolute Gasteiger partial charge is 0.408 e. The Balaban J connectivity index is 0.000000271. The van der Waals surface area contributed by atoms with Crippen LogP contribution >= 0.6 is 15.6 Å². The van der Waals surface area contributed by atoms with E-state index in [1.807, 2.05) is 33.9 Å². The van der Waals surface area contributed by atoms with E-state index >= 15 is 0 Å². The number of hydrogen-bond acceptors (Lipinski definition) is 23. The number of carbonyl (C=O) groups excluding carboxylic acids is 2. The molecule has 0 bridgehead atoms. The summed E-state index contributed by atoms with van der Waals surface area (Å²) in [6.45, 7) is 14.9. The van der Waals surface area contributed by atoms with Gasteiger partial charge in [-0.3, -0.25) is 53.4 Å². The van der Waals surface area contributed by atoms with Gasteiger partial charge in [0.2, 0.25) is 23.7 Å². The Morgan fingerprint density at radius 3 is 1.63 bits per heavy atom. The molecule has 2 fully saturated rings. The lowest BCUT2D eigenvalue weighted by Gasteiger charge is -2.40. The SMILES string of the molecule is CC(C)C(=O)Nc1nc2c(ncn2C2OC(CO)C(O[Si](C)(C)C(C)(C)C)C2OS(N)(=O)=O)c(=O)[nH]1.CC(C)C(=O)Nc1nc2c(ncn2C2OC(COP(=O)(O)OP(=O)(O)O)C(O)C2OS(N)(=O)=O)c(=O)[nH]1. The molecule has 0 aliphatic carbocycles. The van der Waals surface area contributed by atoms with Crippen molar-refractivity contribution < 1.29 is 91.5 Å². The first-order valence-corrected chi connectivity index (χ1v) is 30.2. The number of amides is 2. The number of aromatic amines is 2. The van der Waals surface area contributed by atoms with Crippen molar-refractivity contribution in [3.8, 4) is 0 Å². The largest absolute Gasteiger partial charge is 0.481 e. The molecular formula is C34H56N12O22P2S2Si. The van der Waals surface area contributed by atoms with Crippen molar-refractivity contribution in [3.63, 3.8) is 0 Å². The second-order valence-electron chi connectivity index (χ2n) is 18.4. The Kier molecular flexibility index (Phi) is 18.0. The van der Waals surface area contributed by atoms with Gasteiger partial charge in [0.1, 0.15) is 24.4 Å². The number of fused-ring (bicyclic) bond motifs is 2. The van der Waals surface area contributed by atoms with Crippen molar-refractivity contribution in [1.82, 2.24) is 39.0 Å². The van der Waals surface area contributed by atoms with E-state index in [0.717, 1.165) is 10.9 Å². The summed E-state index contributed by atoms with van der Waals surface area (Å²) in [6.07, 6.45) is -9.50. The van der Waals surface area contributed by atoms with Gasteiger partial charge in [0.25, 0.3) is 11.1 Å². The number of nitrogens with zero attached hydrogens (tertiary/aromatic N) is 6. The minimum Gasteiger partial charge on any atom is -0.408 e. The Hall–Kier alpha value is -4.34. The number of nitrogens with two attached hydrogens (primary N) is 2. The molecule has 34 nitrogen and oxygen atoms in total. The second-order valence-corrected chi connectivity index (χ2v) is 28.3. The van der Waals surface area contributed by atoms with Crippen LogP contribution in [0, 0.1) is 11.8 Å². The van der Waals surface area contributed by atoms with Gasteiger partial charge in [-0.1, -0.05) is 48.5 Å². The van der Waals surface area contributed by atoms with Crippen LogP contribution in [0.25, 0.3) is 22.3 Å². The van der Waals surface area contributed by atoms with E-state index in [2.05, 4.69) is 49.4 Å². The second kappa shape index (κ2) is 22.1. The quantitative estimate of drug-likeness (QED) is 0.0393. The fraction of sp³-hybridized carbons (Fsp3) is 0.647. The van der Waals surface area contributed by atoms with E-state index in [0.29, 0.717) is 0 Å². The van der Waals surface area contributed by atoms with E-state index in [9.17, 15) is 60.3 Å². The number of phosphoric acid groups is 2. The number of nitrogens with one attached hydrogen (secondary N) is 4. The van der Waals surface area contributed by atoms with Crippen molar-refractivity contribution in [2.75, 3.05) is 23.8 Å². The minimum atomic E-state index is -5.45. The third-order valence-corrected chi connectivity index (χ3v) is 18.7. The number of carbonyl (C=O) groups is 2. The summed E-state index contributed by atoms with van der Waals surface area (Å²) in [5.41, 5.74) is -2.07. The van der Waals surface area contributed by atoms with E-state index in [-0.39, 0.29) is 51.1 Å². The van der Waals surface area contributed by atoms with Crippen LogP contribution in [0.3, 0.4) is 0 Å².